The van der Waals surface area contributed by atoms with E-state index in [1.807, 2.05) is 25.1 Å². The number of alkyl halides is 2. The predicted octanol–water partition coefficient (Wildman–Crippen LogP) is 8.74. The smallest absolute Gasteiger partial charge is 0.204 e. The average Bonchev–Trinajstić information content (AvgIpc) is 2.87. The minimum absolute atomic E-state index is 0.125. The number of unbranched alkanes of at least 4 members (excludes halogenated alkanes) is 1. The first-order valence-electron chi connectivity index (χ1n) is 11.1. The Balaban J connectivity index is 1.99. The number of hydrogen-bond donors (Lipinski definition) is 0. The van der Waals surface area contributed by atoms with Gasteiger partial charge in [0.05, 0.1) is 5.56 Å². The summed E-state index contributed by atoms with van der Waals surface area (Å²) in [5, 5.41) is 1.53. The second kappa shape index (κ2) is 9.87. The van der Waals surface area contributed by atoms with E-state index in [1.165, 1.54) is 18.2 Å². The summed E-state index contributed by atoms with van der Waals surface area (Å²) in [5.74, 6) is -5.45. The van der Waals surface area contributed by atoms with Crippen molar-refractivity contribution in [3.8, 4) is 23.0 Å². The average molecular weight is 482 g/mol. The minimum Gasteiger partial charge on any atom is -0.204 e. The zero-order valence-corrected chi connectivity index (χ0v) is 18.7. The lowest BCUT2D eigenvalue weighted by Gasteiger charge is -2.22. The Morgan fingerprint density at radius 2 is 1.43 bits per heavy atom. The van der Waals surface area contributed by atoms with E-state index in [4.69, 9.17) is 0 Å². The zero-order chi connectivity index (χ0) is 25.2. The van der Waals surface area contributed by atoms with Crippen LogP contribution >= 0.6 is 0 Å². The van der Waals surface area contributed by atoms with Gasteiger partial charge in [0.25, 0.3) is 5.92 Å². The van der Waals surface area contributed by atoms with Crippen molar-refractivity contribution >= 4 is 10.8 Å². The van der Waals surface area contributed by atoms with Gasteiger partial charge in [0.1, 0.15) is 0 Å². The molecule has 4 rings (SSSR count). The molecule has 0 spiro atoms. The molecular weight excluding hydrogens is 462 g/mol. The van der Waals surface area contributed by atoms with E-state index in [0.717, 1.165) is 5.39 Å². The van der Waals surface area contributed by atoms with Crippen LogP contribution in [0.2, 0.25) is 0 Å². The molecule has 6 heteroatoms. The molecule has 35 heavy (non-hydrogen) atoms. The van der Waals surface area contributed by atoms with Gasteiger partial charge in [-0.3, -0.25) is 0 Å². The molecule has 0 saturated carbocycles. The number of benzene rings is 4. The largest absolute Gasteiger partial charge is 0.273 e. The summed E-state index contributed by atoms with van der Waals surface area (Å²) in [6.07, 6.45) is 0.512. The zero-order valence-electron chi connectivity index (χ0n) is 18.7. The highest BCUT2D eigenvalue weighted by Gasteiger charge is 2.34. The van der Waals surface area contributed by atoms with Crippen molar-refractivity contribution in [1.82, 2.24) is 0 Å². The molecule has 0 saturated heterocycles. The van der Waals surface area contributed by atoms with Gasteiger partial charge in [0.2, 0.25) is 0 Å². The second-order valence-corrected chi connectivity index (χ2v) is 8.16. The molecule has 0 aliphatic carbocycles. The maximum absolute atomic E-state index is 15.4. The van der Waals surface area contributed by atoms with Crippen LogP contribution in [0.15, 0.2) is 66.7 Å². The monoisotopic (exact) mass is 482 g/mol. The highest BCUT2D eigenvalue weighted by Crippen LogP contribution is 2.43. The SMILES string of the molecule is CCCCC(F)(F)c1cccc(C#Cc2cc(F)c(F)c(F)c2F)c1-c1cccc2ccccc12. The molecule has 0 unspecified atom stereocenters. The van der Waals surface area contributed by atoms with Gasteiger partial charge in [0, 0.05) is 23.1 Å². The summed E-state index contributed by atoms with van der Waals surface area (Å²) >= 11 is 0. The normalized spacial score (nSPS) is 11.4. The van der Waals surface area contributed by atoms with Crippen LogP contribution in [0.4, 0.5) is 26.3 Å². The fourth-order valence-electron chi connectivity index (χ4n) is 4.03. The van der Waals surface area contributed by atoms with Crippen molar-refractivity contribution < 1.29 is 26.3 Å². The maximum atomic E-state index is 15.4. The molecule has 0 nitrogen and oxygen atoms in total. The van der Waals surface area contributed by atoms with Crippen LogP contribution in [-0.2, 0) is 5.92 Å². The fraction of sp³-hybridized carbons (Fsp3) is 0.172. The quantitative estimate of drug-likeness (QED) is 0.115. The van der Waals surface area contributed by atoms with Crippen molar-refractivity contribution in [2.24, 2.45) is 0 Å². The van der Waals surface area contributed by atoms with Crippen molar-refractivity contribution in [3.63, 3.8) is 0 Å². The summed E-state index contributed by atoms with van der Waals surface area (Å²) in [4.78, 5) is 0. The summed E-state index contributed by atoms with van der Waals surface area (Å²) in [6.45, 7) is 1.82. The van der Waals surface area contributed by atoms with Crippen molar-refractivity contribution in [1.29, 1.82) is 0 Å². The first-order valence-corrected chi connectivity index (χ1v) is 11.1. The van der Waals surface area contributed by atoms with E-state index in [9.17, 15) is 17.6 Å². The van der Waals surface area contributed by atoms with Crippen LogP contribution in [-0.4, -0.2) is 0 Å². The first-order chi connectivity index (χ1) is 16.7. The highest BCUT2D eigenvalue weighted by atomic mass is 19.3. The lowest BCUT2D eigenvalue weighted by molar-refractivity contribution is -0.0148. The van der Waals surface area contributed by atoms with Gasteiger partial charge in [0.15, 0.2) is 23.3 Å². The van der Waals surface area contributed by atoms with E-state index in [-0.39, 0.29) is 23.1 Å². The lowest BCUT2D eigenvalue weighted by Crippen LogP contribution is -2.15. The molecule has 0 radical (unpaired) electrons. The van der Waals surface area contributed by atoms with Crippen LogP contribution in [0.25, 0.3) is 21.9 Å². The molecule has 4 aromatic carbocycles. The third kappa shape index (κ3) is 4.77. The van der Waals surface area contributed by atoms with E-state index in [2.05, 4.69) is 11.8 Å². The summed E-state index contributed by atoms with van der Waals surface area (Å²) < 4.78 is 85.6. The van der Waals surface area contributed by atoms with Gasteiger partial charge in [-0.15, -0.1) is 0 Å². The van der Waals surface area contributed by atoms with Crippen LogP contribution in [0, 0.1) is 35.1 Å². The fourth-order valence-corrected chi connectivity index (χ4v) is 4.03. The number of fused-ring (bicyclic) bond motifs is 1. The number of rotatable bonds is 5. The van der Waals surface area contributed by atoms with Gasteiger partial charge >= 0.3 is 0 Å². The molecule has 0 fully saturated rings. The molecule has 0 heterocycles. The van der Waals surface area contributed by atoms with E-state index in [1.54, 1.807) is 24.3 Å². The molecule has 178 valence electrons. The van der Waals surface area contributed by atoms with E-state index >= 15 is 8.78 Å². The van der Waals surface area contributed by atoms with Crippen molar-refractivity contribution in [2.45, 2.75) is 32.1 Å². The van der Waals surface area contributed by atoms with E-state index < -0.39 is 34.8 Å². The third-order valence-corrected chi connectivity index (χ3v) is 5.80. The maximum Gasteiger partial charge on any atom is 0.273 e. The molecule has 0 aliphatic heterocycles. The summed E-state index contributed by atoms with van der Waals surface area (Å²) in [7, 11) is 0. The summed E-state index contributed by atoms with van der Waals surface area (Å²) in [6, 6.07) is 17.2. The standard InChI is InChI=1S/C29H20F6/c1-2-3-16-29(34,35)23-13-7-10-19(14-15-20-17-24(30)27(32)28(33)26(20)31)25(23)22-12-6-9-18-8-4-5-11-21(18)22/h4-13,17H,2-3,16H2,1H3. The second-order valence-electron chi connectivity index (χ2n) is 8.16. The molecule has 0 atom stereocenters. The van der Waals surface area contributed by atoms with Crippen molar-refractivity contribution in [3.05, 3.63) is 107 Å². The van der Waals surface area contributed by atoms with Crippen LogP contribution in [0.5, 0.6) is 0 Å². The predicted molar refractivity (Wildman–Crippen MR) is 125 cm³/mol. The van der Waals surface area contributed by atoms with Crippen LogP contribution in [0.3, 0.4) is 0 Å². The van der Waals surface area contributed by atoms with Crippen LogP contribution < -0.4 is 0 Å². The summed E-state index contributed by atoms with van der Waals surface area (Å²) in [5.41, 5.74) is -0.184. The molecule has 0 N–H and O–H groups in total. The van der Waals surface area contributed by atoms with Gasteiger partial charge in [-0.05, 0) is 34.9 Å². The molecule has 0 aromatic heterocycles. The molecule has 0 bridgehead atoms. The number of hydrogen-bond acceptors (Lipinski definition) is 0. The molecular formula is C29H20F6. The Kier molecular flexibility index (Phi) is 6.88. The topological polar surface area (TPSA) is 0 Å². The van der Waals surface area contributed by atoms with Crippen molar-refractivity contribution in [2.75, 3.05) is 0 Å². The molecule has 4 aromatic rings. The van der Waals surface area contributed by atoms with Gasteiger partial charge in [-0.25, -0.2) is 26.3 Å². The Morgan fingerprint density at radius 1 is 0.743 bits per heavy atom. The first kappa shape index (κ1) is 24.4. The van der Waals surface area contributed by atoms with Gasteiger partial charge in [-0.2, -0.15) is 0 Å². The highest BCUT2D eigenvalue weighted by molar-refractivity contribution is 5.98. The lowest BCUT2D eigenvalue weighted by atomic mass is 9.87. The molecule has 0 aliphatic rings. The van der Waals surface area contributed by atoms with Gasteiger partial charge in [-0.1, -0.05) is 79.8 Å². The van der Waals surface area contributed by atoms with Crippen LogP contribution in [0.1, 0.15) is 42.9 Å². The van der Waals surface area contributed by atoms with Gasteiger partial charge < -0.3 is 0 Å². The Labute approximate surface area is 199 Å². The number of halogens is 6. The van der Waals surface area contributed by atoms with E-state index in [0.29, 0.717) is 29.9 Å². The Morgan fingerprint density at radius 3 is 2.20 bits per heavy atom. The molecule has 0 amide bonds. The Hall–Kier alpha value is -3.72. The Bertz CT molecular complexity index is 1450. The third-order valence-electron chi connectivity index (χ3n) is 5.80. The minimum atomic E-state index is -3.18.